The summed E-state index contributed by atoms with van der Waals surface area (Å²) in [5.41, 5.74) is 2.96. The molecule has 1 N–H and O–H groups in total. The molecule has 0 amide bonds. The number of para-hydroxylation sites is 1. The van der Waals surface area contributed by atoms with Crippen molar-refractivity contribution in [1.29, 1.82) is 0 Å². The zero-order valence-corrected chi connectivity index (χ0v) is 11.9. The zero-order valence-electron chi connectivity index (χ0n) is 11.9. The Morgan fingerprint density at radius 1 is 1.39 bits per heavy atom. The highest BCUT2D eigenvalue weighted by molar-refractivity contribution is 5.59. The van der Waals surface area contributed by atoms with E-state index in [4.69, 9.17) is 0 Å². The van der Waals surface area contributed by atoms with E-state index in [-0.39, 0.29) is 0 Å². The molecule has 2 heteroatoms. The summed E-state index contributed by atoms with van der Waals surface area (Å²) in [5.74, 6) is 0. The Balaban J connectivity index is 1.90. The Hall–Kier alpha value is -1.02. The van der Waals surface area contributed by atoms with E-state index in [1.165, 1.54) is 30.5 Å². The van der Waals surface area contributed by atoms with E-state index in [1.807, 2.05) is 0 Å². The third-order valence-corrected chi connectivity index (χ3v) is 3.89. The second kappa shape index (κ2) is 6.24. The topological polar surface area (TPSA) is 15.3 Å². The number of hydrogen-bond donors (Lipinski definition) is 1. The highest BCUT2D eigenvalue weighted by atomic mass is 15.2. The predicted octanol–water partition coefficient (Wildman–Crippen LogP) is 3.22. The van der Waals surface area contributed by atoms with Crippen LogP contribution in [0.2, 0.25) is 0 Å². The SMILES string of the molecule is CCCNC(C)CCN1c2ccccc2CC1C. The van der Waals surface area contributed by atoms with Crippen molar-refractivity contribution in [2.75, 3.05) is 18.0 Å². The maximum absolute atomic E-state index is 3.57. The molecule has 0 radical (unpaired) electrons. The Bertz CT molecular complexity index is 375. The molecule has 2 atom stereocenters. The highest BCUT2D eigenvalue weighted by Gasteiger charge is 2.25. The average Bonchev–Trinajstić information content (AvgIpc) is 2.69. The van der Waals surface area contributed by atoms with E-state index in [9.17, 15) is 0 Å². The molecule has 100 valence electrons. The molecular weight excluding hydrogens is 220 g/mol. The van der Waals surface area contributed by atoms with Gasteiger partial charge in [0.1, 0.15) is 0 Å². The normalized spacial score (nSPS) is 19.9. The van der Waals surface area contributed by atoms with Crippen molar-refractivity contribution in [3.8, 4) is 0 Å². The van der Waals surface area contributed by atoms with Crippen molar-refractivity contribution >= 4 is 5.69 Å². The maximum Gasteiger partial charge on any atom is 0.0402 e. The first-order chi connectivity index (χ1) is 8.72. The smallest absolute Gasteiger partial charge is 0.0402 e. The van der Waals surface area contributed by atoms with Crippen LogP contribution in [0.3, 0.4) is 0 Å². The molecule has 1 aliphatic rings. The second-order valence-corrected chi connectivity index (χ2v) is 5.52. The van der Waals surface area contributed by atoms with Crippen LogP contribution >= 0.6 is 0 Å². The highest BCUT2D eigenvalue weighted by Crippen LogP contribution is 2.31. The number of rotatable bonds is 6. The molecule has 0 saturated heterocycles. The van der Waals surface area contributed by atoms with Crippen LogP contribution in [0.15, 0.2) is 24.3 Å². The van der Waals surface area contributed by atoms with Crippen LogP contribution in [-0.4, -0.2) is 25.2 Å². The van der Waals surface area contributed by atoms with Crippen LogP contribution in [0.1, 0.15) is 39.2 Å². The summed E-state index contributed by atoms with van der Waals surface area (Å²) in [5, 5.41) is 3.57. The van der Waals surface area contributed by atoms with E-state index in [0.717, 1.165) is 13.1 Å². The standard InChI is InChI=1S/C16H26N2/c1-4-10-17-13(2)9-11-18-14(3)12-15-7-5-6-8-16(15)18/h5-8,13-14,17H,4,9-12H2,1-3H3. The summed E-state index contributed by atoms with van der Waals surface area (Å²) < 4.78 is 0. The van der Waals surface area contributed by atoms with Gasteiger partial charge in [0.25, 0.3) is 0 Å². The van der Waals surface area contributed by atoms with Gasteiger partial charge in [0, 0.05) is 24.3 Å². The van der Waals surface area contributed by atoms with Gasteiger partial charge in [0.05, 0.1) is 0 Å². The fourth-order valence-corrected chi connectivity index (χ4v) is 2.80. The lowest BCUT2D eigenvalue weighted by molar-refractivity contribution is 0.501. The molecule has 0 fully saturated rings. The summed E-state index contributed by atoms with van der Waals surface area (Å²) >= 11 is 0. The van der Waals surface area contributed by atoms with Crippen LogP contribution in [0.25, 0.3) is 0 Å². The van der Waals surface area contributed by atoms with Gasteiger partial charge in [0.15, 0.2) is 0 Å². The van der Waals surface area contributed by atoms with Gasteiger partial charge in [-0.25, -0.2) is 0 Å². The number of hydrogen-bond acceptors (Lipinski definition) is 2. The third kappa shape index (κ3) is 3.05. The molecule has 0 bridgehead atoms. The number of anilines is 1. The van der Waals surface area contributed by atoms with Gasteiger partial charge in [-0.2, -0.15) is 0 Å². The molecule has 0 spiro atoms. The summed E-state index contributed by atoms with van der Waals surface area (Å²) in [4.78, 5) is 2.57. The van der Waals surface area contributed by atoms with Crippen LogP contribution in [0.5, 0.6) is 0 Å². The fraction of sp³-hybridized carbons (Fsp3) is 0.625. The molecule has 2 unspecified atom stereocenters. The van der Waals surface area contributed by atoms with Crippen LogP contribution in [-0.2, 0) is 6.42 Å². The minimum atomic E-state index is 0.616. The number of benzene rings is 1. The molecule has 2 rings (SSSR count). The lowest BCUT2D eigenvalue weighted by Gasteiger charge is -2.26. The maximum atomic E-state index is 3.57. The van der Waals surface area contributed by atoms with Gasteiger partial charge in [-0.15, -0.1) is 0 Å². The van der Waals surface area contributed by atoms with E-state index in [1.54, 1.807) is 0 Å². The lowest BCUT2D eigenvalue weighted by atomic mass is 10.1. The number of fused-ring (bicyclic) bond motifs is 1. The van der Waals surface area contributed by atoms with E-state index in [0.29, 0.717) is 12.1 Å². The molecule has 1 aliphatic heterocycles. The molecule has 18 heavy (non-hydrogen) atoms. The van der Waals surface area contributed by atoms with Gasteiger partial charge >= 0.3 is 0 Å². The largest absolute Gasteiger partial charge is 0.368 e. The van der Waals surface area contributed by atoms with Crippen LogP contribution < -0.4 is 10.2 Å². The summed E-state index contributed by atoms with van der Waals surface area (Å²) in [6, 6.07) is 10.1. The Kier molecular flexibility index (Phi) is 4.65. The van der Waals surface area contributed by atoms with E-state index >= 15 is 0 Å². The Labute approximate surface area is 111 Å². The summed E-state index contributed by atoms with van der Waals surface area (Å²) in [7, 11) is 0. The molecular formula is C16H26N2. The lowest BCUT2D eigenvalue weighted by Crippen LogP contribution is -2.35. The minimum absolute atomic E-state index is 0.616. The first-order valence-electron chi connectivity index (χ1n) is 7.30. The van der Waals surface area contributed by atoms with Crippen LogP contribution in [0.4, 0.5) is 5.69 Å². The predicted molar refractivity (Wildman–Crippen MR) is 79.3 cm³/mol. The van der Waals surface area contributed by atoms with Crippen molar-refractivity contribution in [3.63, 3.8) is 0 Å². The molecule has 0 aromatic heterocycles. The minimum Gasteiger partial charge on any atom is -0.368 e. The van der Waals surface area contributed by atoms with Crippen molar-refractivity contribution in [2.24, 2.45) is 0 Å². The first kappa shape index (κ1) is 13.4. The van der Waals surface area contributed by atoms with Crippen molar-refractivity contribution in [3.05, 3.63) is 29.8 Å². The summed E-state index contributed by atoms with van der Waals surface area (Å²) in [6.07, 6.45) is 3.64. The molecule has 2 nitrogen and oxygen atoms in total. The van der Waals surface area contributed by atoms with E-state index in [2.05, 4.69) is 55.3 Å². The van der Waals surface area contributed by atoms with Gasteiger partial charge in [0.2, 0.25) is 0 Å². The number of nitrogens with one attached hydrogen (secondary N) is 1. The van der Waals surface area contributed by atoms with Gasteiger partial charge < -0.3 is 10.2 Å². The molecule has 1 aromatic carbocycles. The van der Waals surface area contributed by atoms with Crippen molar-refractivity contribution in [1.82, 2.24) is 5.32 Å². The first-order valence-corrected chi connectivity index (χ1v) is 7.30. The third-order valence-electron chi connectivity index (χ3n) is 3.89. The molecule has 1 heterocycles. The van der Waals surface area contributed by atoms with Crippen molar-refractivity contribution in [2.45, 2.75) is 52.1 Å². The molecule has 0 aliphatic carbocycles. The van der Waals surface area contributed by atoms with E-state index < -0.39 is 0 Å². The monoisotopic (exact) mass is 246 g/mol. The average molecular weight is 246 g/mol. The molecule has 0 saturated carbocycles. The fourth-order valence-electron chi connectivity index (χ4n) is 2.80. The van der Waals surface area contributed by atoms with Crippen LogP contribution in [0, 0.1) is 0 Å². The second-order valence-electron chi connectivity index (χ2n) is 5.52. The van der Waals surface area contributed by atoms with Gasteiger partial charge in [-0.3, -0.25) is 0 Å². The Morgan fingerprint density at radius 3 is 2.94 bits per heavy atom. The Morgan fingerprint density at radius 2 is 2.17 bits per heavy atom. The van der Waals surface area contributed by atoms with Gasteiger partial charge in [-0.1, -0.05) is 25.1 Å². The zero-order chi connectivity index (χ0) is 13.0. The quantitative estimate of drug-likeness (QED) is 0.829. The van der Waals surface area contributed by atoms with Crippen molar-refractivity contribution < 1.29 is 0 Å². The number of nitrogens with zero attached hydrogens (tertiary/aromatic N) is 1. The van der Waals surface area contributed by atoms with Gasteiger partial charge in [-0.05, 0) is 51.3 Å². The summed E-state index contributed by atoms with van der Waals surface area (Å²) in [6.45, 7) is 9.15. The molecule has 1 aromatic rings.